The Morgan fingerprint density at radius 1 is 0.880 bits per heavy atom. The molecule has 1 N–H and O–H groups in total. The normalized spacial score (nSPS) is 15.0. The second kappa shape index (κ2) is 7.31. The zero-order valence-corrected chi connectivity index (χ0v) is 13.8. The predicted octanol–water partition coefficient (Wildman–Crippen LogP) is 1.80. The molecule has 0 radical (unpaired) electrons. The molecule has 1 saturated heterocycles. The molecule has 0 aromatic carbocycles. The molecule has 0 saturated carbocycles. The van der Waals surface area contributed by atoms with E-state index in [1.54, 1.807) is 24.8 Å². The molecule has 7 nitrogen and oxygen atoms in total. The van der Waals surface area contributed by atoms with Gasteiger partial charge in [-0.1, -0.05) is 6.07 Å². The molecule has 0 spiro atoms. The summed E-state index contributed by atoms with van der Waals surface area (Å²) in [5.74, 6) is 1.48. The first kappa shape index (κ1) is 15.6. The lowest BCUT2D eigenvalue weighted by Crippen LogP contribution is -2.28. The Bertz CT molecular complexity index is 758. The first-order valence-electron chi connectivity index (χ1n) is 8.43. The molecule has 4 rings (SSSR count). The second-order valence-corrected chi connectivity index (χ2v) is 5.83. The van der Waals surface area contributed by atoms with Gasteiger partial charge in [-0.3, -0.25) is 9.97 Å². The van der Waals surface area contributed by atoms with Gasteiger partial charge in [-0.2, -0.15) is 0 Å². The number of anilines is 1. The van der Waals surface area contributed by atoms with Crippen molar-refractivity contribution in [2.75, 3.05) is 31.1 Å². The highest BCUT2D eigenvalue weighted by Crippen LogP contribution is 2.24. The number of pyridine rings is 1. The van der Waals surface area contributed by atoms with Crippen molar-refractivity contribution in [3.8, 4) is 22.9 Å². The van der Waals surface area contributed by atoms with Gasteiger partial charge < -0.3 is 10.2 Å². The molecule has 1 fully saturated rings. The zero-order valence-electron chi connectivity index (χ0n) is 13.8. The van der Waals surface area contributed by atoms with Gasteiger partial charge in [0, 0.05) is 44.3 Å². The first-order valence-corrected chi connectivity index (χ1v) is 8.43. The lowest BCUT2D eigenvalue weighted by Gasteiger charge is -2.22. The summed E-state index contributed by atoms with van der Waals surface area (Å²) in [6.45, 7) is 3.86. The van der Waals surface area contributed by atoms with Crippen LogP contribution in [0.4, 0.5) is 5.82 Å². The minimum atomic E-state index is 0.573. The van der Waals surface area contributed by atoms with Crippen LogP contribution in [0.3, 0.4) is 0 Å². The SMILES string of the molecule is c1ccc(-c2cc(N3CCCNCC3)nc(-c3cnccn3)n2)nc1. The summed E-state index contributed by atoms with van der Waals surface area (Å²) in [5, 5.41) is 3.42. The molecular formula is C18H19N7. The average Bonchev–Trinajstić information content (AvgIpc) is 2.99. The fourth-order valence-corrected chi connectivity index (χ4v) is 2.85. The third-order valence-corrected chi connectivity index (χ3v) is 4.10. The third kappa shape index (κ3) is 3.61. The van der Waals surface area contributed by atoms with Crippen molar-refractivity contribution < 1.29 is 0 Å². The van der Waals surface area contributed by atoms with Gasteiger partial charge in [-0.25, -0.2) is 15.0 Å². The van der Waals surface area contributed by atoms with Gasteiger partial charge in [-0.05, 0) is 25.1 Å². The number of hydrogen-bond acceptors (Lipinski definition) is 7. The summed E-state index contributed by atoms with van der Waals surface area (Å²) >= 11 is 0. The minimum absolute atomic E-state index is 0.573. The Morgan fingerprint density at radius 3 is 2.68 bits per heavy atom. The van der Waals surface area contributed by atoms with E-state index in [0.717, 1.165) is 49.8 Å². The number of rotatable bonds is 3. The van der Waals surface area contributed by atoms with Gasteiger partial charge in [0.25, 0.3) is 0 Å². The number of nitrogens with one attached hydrogen (secondary N) is 1. The minimum Gasteiger partial charge on any atom is -0.355 e. The maximum Gasteiger partial charge on any atom is 0.182 e. The molecule has 126 valence electrons. The molecule has 4 heterocycles. The summed E-state index contributed by atoms with van der Waals surface area (Å²) in [6, 6.07) is 7.82. The van der Waals surface area contributed by atoms with Crippen molar-refractivity contribution >= 4 is 5.82 Å². The largest absolute Gasteiger partial charge is 0.355 e. The Balaban J connectivity index is 1.80. The van der Waals surface area contributed by atoms with Crippen LogP contribution in [0, 0.1) is 0 Å². The molecular weight excluding hydrogens is 314 g/mol. The predicted molar refractivity (Wildman–Crippen MR) is 96.0 cm³/mol. The molecule has 7 heteroatoms. The summed E-state index contributed by atoms with van der Waals surface area (Å²) in [5.41, 5.74) is 2.28. The maximum absolute atomic E-state index is 4.75. The van der Waals surface area contributed by atoms with Crippen LogP contribution in [0.15, 0.2) is 49.1 Å². The Labute approximate surface area is 146 Å². The molecule has 1 aliphatic heterocycles. The quantitative estimate of drug-likeness (QED) is 0.783. The maximum atomic E-state index is 4.75. The standard InChI is InChI=1S/C18H19N7/c1-2-6-21-14(4-1)15-12-17(25-10-3-5-19-9-11-25)24-18(23-15)16-13-20-7-8-22-16/h1-2,4,6-8,12-13,19H,3,5,9-11H2. The number of hydrogen-bond donors (Lipinski definition) is 1. The molecule has 1 aliphatic rings. The van der Waals surface area contributed by atoms with Gasteiger partial charge in [0.1, 0.15) is 11.5 Å². The molecule has 3 aromatic heterocycles. The summed E-state index contributed by atoms with van der Waals surface area (Å²) < 4.78 is 0. The van der Waals surface area contributed by atoms with Crippen LogP contribution in [0.1, 0.15) is 6.42 Å². The van der Waals surface area contributed by atoms with Gasteiger partial charge in [0.15, 0.2) is 5.82 Å². The van der Waals surface area contributed by atoms with Crippen LogP contribution in [-0.4, -0.2) is 51.1 Å². The smallest absolute Gasteiger partial charge is 0.182 e. The van der Waals surface area contributed by atoms with Gasteiger partial charge in [0.05, 0.1) is 17.6 Å². The summed E-state index contributed by atoms with van der Waals surface area (Å²) in [6.07, 6.45) is 7.85. The van der Waals surface area contributed by atoms with Crippen molar-refractivity contribution in [3.63, 3.8) is 0 Å². The van der Waals surface area contributed by atoms with Crippen molar-refractivity contribution in [2.45, 2.75) is 6.42 Å². The molecule has 0 unspecified atom stereocenters. The molecule has 3 aromatic rings. The van der Waals surface area contributed by atoms with Crippen LogP contribution in [0.2, 0.25) is 0 Å². The Hall–Kier alpha value is -2.93. The van der Waals surface area contributed by atoms with Crippen LogP contribution in [-0.2, 0) is 0 Å². The van der Waals surface area contributed by atoms with Gasteiger partial charge in [-0.15, -0.1) is 0 Å². The van der Waals surface area contributed by atoms with E-state index in [0.29, 0.717) is 11.5 Å². The molecule has 0 aliphatic carbocycles. The van der Waals surface area contributed by atoms with Crippen LogP contribution in [0.25, 0.3) is 22.9 Å². The van der Waals surface area contributed by atoms with Gasteiger partial charge >= 0.3 is 0 Å². The highest BCUT2D eigenvalue weighted by atomic mass is 15.2. The number of nitrogens with zero attached hydrogens (tertiary/aromatic N) is 6. The fraction of sp³-hybridized carbons (Fsp3) is 0.278. The highest BCUT2D eigenvalue weighted by molar-refractivity contribution is 5.64. The summed E-state index contributed by atoms with van der Waals surface area (Å²) in [4.78, 5) is 24.6. The van der Waals surface area contributed by atoms with E-state index >= 15 is 0 Å². The van der Waals surface area contributed by atoms with E-state index in [1.165, 1.54) is 0 Å². The first-order chi connectivity index (χ1) is 12.4. The summed E-state index contributed by atoms with van der Waals surface area (Å²) in [7, 11) is 0. The van der Waals surface area contributed by atoms with Crippen LogP contribution >= 0.6 is 0 Å². The molecule has 0 bridgehead atoms. The Kier molecular flexibility index (Phi) is 4.56. The fourth-order valence-electron chi connectivity index (χ4n) is 2.85. The van der Waals surface area contributed by atoms with Gasteiger partial charge in [0.2, 0.25) is 0 Å². The lowest BCUT2D eigenvalue weighted by molar-refractivity contribution is 0.724. The monoisotopic (exact) mass is 333 g/mol. The topological polar surface area (TPSA) is 79.7 Å². The van der Waals surface area contributed by atoms with Crippen molar-refractivity contribution in [3.05, 3.63) is 49.1 Å². The van der Waals surface area contributed by atoms with Crippen molar-refractivity contribution in [1.82, 2.24) is 30.2 Å². The van der Waals surface area contributed by atoms with Crippen LogP contribution in [0.5, 0.6) is 0 Å². The van der Waals surface area contributed by atoms with E-state index in [1.807, 2.05) is 24.3 Å². The number of aromatic nitrogens is 5. The van der Waals surface area contributed by atoms with E-state index in [4.69, 9.17) is 4.98 Å². The molecule has 0 atom stereocenters. The van der Waals surface area contributed by atoms with Crippen molar-refractivity contribution in [1.29, 1.82) is 0 Å². The van der Waals surface area contributed by atoms with Crippen LogP contribution < -0.4 is 10.2 Å². The van der Waals surface area contributed by atoms with E-state index in [9.17, 15) is 0 Å². The lowest BCUT2D eigenvalue weighted by atomic mass is 10.2. The third-order valence-electron chi connectivity index (χ3n) is 4.10. The van der Waals surface area contributed by atoms with Crippen molar-refractivity contribution in [2.24, 2.45) is 0 Å². The van der Waals surface area contributed by atoms with E-state index < -0.39 is 0 Å². The zero-order chi connectivity index (χ0) is 16.9. The van der Waals surface area contributed by atoms with E-state index in [2.05, 4.69) is 30.2 Å². The highest BCUT2D eigenvalue weighted by Gasteiger charge is 2.16. The average molecular weight is 333 g/mol. The van der Waals surface area contributed by atoms with E-state index in [-0.39, 0.29) is 0 Å². The molecule has 25 heavy (non-hydrogen) atoms. The molecule has 0 amide bonds. The Morgan fingerprint density at radius 2 is 1.84 bits per heavy atom. The second-order valence-electron chi connectivity index (χ2n) is 5.83.